The summed E-state index contributed by atoms with van der Waals surface area (Å²) in [6.45, 7) is 2.39. The molecule has 1 aromatic carbocycles. The lowest BCUT2D eigenvalue weighted by Gasteiger charge is -2.04. The van der Waals surface area contributed by atoms with Crippen LogP contribution in [-0.2, 0) is 13.0 Å². The van der Waals surface area contributed by atoms with Gasteiger partial charge in [0, 0.05) is 6.54 Å². The molecule has 2 aromatic rings. The third kappa shape index (κ3) is 3.57. The molecule has 0 unspecified atom stereocenters. The molecule has 0 saturated heterocycles. The number of hydrogen-bond donors (Lipinski definition) is 1. The fourth-order valence-corrected chi connectivity index (χ4v) is 2.27. The number of carbonyl (C=O) groups excluding carboxylic acids is 1. The maximum atomic E-state index is 12.7. The van der Waals surface area contributed by atoms with E-state index in [4.69, 9.17) is 0 Å². The van der Waals surface area contributed by atoms with Crippen molar-refractivity contribution in [1.82, 2.24) is 14.9 Å². The summed E-state index contributed by atoms with van der Waals surface area (Å²) in [6.07, 6.45) is 1.67. The Morgan fingerprint density at radius 3 is 2.79 bits per heavy atom. The molecule has 19 heavy (non-hydrogen) atoms. The fraction of sp³-hybridized carbons (Fsp3) is 0.308. The smallest absolute Gasteiger partial charge is 0.265 e. The lowest BCUT2D eigenvalue weighted by atomic mass is 10.2. The maximum absolute atomic E-state index is 12.7. The average Bonchev–Trinajstić information content (AvgIpc) is 2.86. The van der Waals surface area contributed by atoms with E-state index in [-0.39, 0.29) is 11.7 Å². The lowest BCUT2D eigenvalue weighted by Crippen LogP contribution is -2.23. The number of nitrogens with zero attached hydrogens (tertiary/aromatic N) is 2. The number of carbonyl (C=O) groups is 1. The third-order valence-corrected chi connectivity index (χ3v) is 3.38. The van der Waals surface area contributed by atoms with Crippen molar-refractivity contribution >= 4 is 17.4 Å². The molecular weight excluding hydrogens is 265 g/mol. The Hall–Kier alpha value is -1.82. The molecule has 2 rings (SSSR count). The zero-order chi connectivity index (χ0) is 13.7. The summed E-state index contributed by atoms with van der Waals surface area (Å²) in [5.74, 6) is -0.463. The number of aromatic nitrogens is 2. The van der Waals surface area contributed by atoms with E-state index in [1.807, 2.05) is 6.92 Å². The Bertz CT molecular complexity index is 553. The van der Waals surface area contributed by atoms with Crippen molar-refractivity contribution in [3.63, 3.8) is 0 Å². The van der Waals surface area contributed by atoms with E-state index in [1.165, 1.54) is 12.1 Å². The Kier molecular flexibility index (Phi) is 4.57. The van der Waals surface area contributed by atoms with Gasteiger partial charge in [-0.1, -0.05) is 30.0 Å². The van der Waals surface area contributed by atoms with Crippen molar-refractivity contribution in [2.45, 2.75) is 26.3 Å². The summed E-state index contributed by atoms with van der Waals surface area (Å²) in [5, 5.41) is 6.74. The van der Waals surface area contributed by atoms with Gasteiger partial charge in [-0.2, -0.15) is 0 Å². The van der Waals surface area contributed by atoms with Gasteiger partial charge in [0.15, 0.2) is 0 Å². The molecule has 0 aliphatic heterocycles. The third-order valence-electron chi connectivity index (χ3n) is 2.62. The molecular formula is C13H14FN3OS. The second kappa shape index (κ2) is 6.38. The van der Waals surface area contributed by atoms with Gasteiger partial charge in [0.25, 0.3) is 5.91 Å². The van der Waals surface area contributed by atoms with E-state index in [9.17, 15) is 9.18 Å². The van der Waals surface area contributed by atoms with Crippen LogP contribution in [0.15, 0.2) is 24.3 Å². The minimum Gasteiger partial charge on any atom is -0.347 e. The predicted octanol–water partition coefficient (Wildman–Crippen LogP) is 2.56. The van der Waals surface area contributed by atoms with Gasteiger partial charge in [0.05, 0.1) is 5.69 Å². The van der Waals surface area contributed by atoms with Gasteiger partial charge in [-0.15, -0.1) is 5.10 Å². The van der Waals surface area contributed by atoms with Gasteiger partial charge < -0.3 is 5.32 Å². The minimum absolute atomic E-state index is 0.178. The number of hydrogen-bond acceptors (Lipinski definition) is 4. The molecule has 4 nitrogen and oxygen atoms in total. The molecule has 1 heterocycles. The van der Waals surface area contributed by atoms with Crippen molar-refractivity contribution in [1.29, 1.82) is 0 Å². The largest absolute Gasteiger partial charge is 0.347 e. The fourth-order valence-electron chi connectivity index (χ4n) is 1.65. The topological polar surface area (TPSA) is 54.9 Å². The van der Waals surface area contributed by atoms with E-state index in [0.29, 0.717) is 11.4 Å². The van der Waals surface area contributed by atoms with Crippen molar-refractivity contribution in [3.05, 3.63) is 46.2 Å². The molecule has 0 spiro atoms. The first-order chi connectivity index (χ1) is 9.20. The van der Waals surface area contributed by atoms with Crippen molar-refractivity contribution in [2.75, 3.05) is 0 Å². The molecule has 0 aliphatic rings. The highest BCUT2D eigenvalue weighted by molar-refractivity contribution is 7.08. The second-order valence-electron chi connectivity index (χ2n) is 4.11. The molecule has 1 N–H and O–H groups in total. The predicted molar refractivity (Wildman–Crippen MR) is 71.5 cm³/mol. The van der Waals surface area contributed by atoms with E-state index in [2.05, 4.69) is 14.9 Å². The standard InChI is InChI=1S/C13H14FN3OS/c1-2-3-11-12(19-17-16-11)13(18)15-8-9-4-6-10(14)7-5-9/h4-7H,2-3,8H2,1H3,(H,15,18). The van der Waals surface area contributed by atoms with Crippen molar-refractivity contribution < 1.29 is 9.18 Å². The quantitative estimate of drug-likeness (QED) is 0.915. The number of amides is 1. The van der Waals surface area contributed by atoms with Crippen molar-refractivity contribution in [2.24, 2.45) is 0 Å². The summed E-state index contributed by atoms with van der Waals surface area (Å²) in [6, 6.07) is 6.04. The van der Waals surface area contributed by atoms with E-state index in [1.54, 1.807) is 12.1 Å². The molecule has 0 radical (unpaired) electrons. The van der Waals surface area contributed by atoms with E-state index in [0.717, 1.165) is 35.6 Å². The maximum Gasteiger partial charge on any atom is 0.265 e. The number of benzene rings is 1. The van der Waals surface area contributed by atoms with Crippen LogP contribution in [0.2, 0.25) is 0 Å². The Labute approximate surface area is 114 Å². The van der Waals surface area contributed by atoms with Gasteiger partial charge in [-0.05, 0) is 35.6 Å². The molecule has 0 atom stereocenters. The highest BCUT2D eigenvalue weighted by atomic mass is 32.1. The first-order valence-corrected chi connectivity index (χ1v) is 6.82. The average molecular weight is 279 g/mol. The van der Waals surface area contributed by atoms with Crippen LogP contribution in [0.4, 0.5) is 4.39 Å². The molecule has 1 amide bonds. The van der Waals surface area contributed by atoms with Crippen LogP contribution in [-0.4, -0.2) is 15.5 Å². The second-order valence-corrected chi connectivity index (χ2v) is 4.86. The Morgan fingerprint density at radius 2 is 2.11 bits per heavy atom. The summed E-state index contributed by atoms with van der Waals surface area (Å²) >= 11 is 1.10. The van der Waals surface area contributed by atoms with Crippen molar-refractivity contribution in [3.8, 4) is 0 Å². The molecule has 0 aliphatic carbocycles. The van der Waals surface area contributed by atoms with E-state index < -0.39 is 0 Å². The first-order valence-electron chi connectivity index (χ1n) is 6.04. The van der Waals surface area contributed by atoms with Gasteiger partial charge in [0.2, 0.25) is 0 Å². The summed E-state index contributed by atoms with van der Waals surface area (Å²) < 4.78 is 16.6. The number of rotatable bonds is 5. The summed E-state index contributed by atoms with van der Waals surface area (Å²) in [4.78, 5) is 12.5. The van der Waals surface area contributed by atoms with Gasteiger partial charge in [0.1, 0.15) is 10.7 Å². The first kappa shape index (κ1) is 13.6. The highest BCUT2D eigenvalue weighted by Gasteiger charge is 2.15. The van der Waals surface area contributed by atoms with Gasteiger partial charge in [-0.3, -0.25) is 4.79 Å². The van der Waals surface area contributed by atoms with E-state index >= 15 is 0 Å². The Morgan fingerprint density at radius 1 is 1.37 bits per heavy atom. The molecule has 0 bridgehead atoms. The minimum atomic E-state index is -0.285. The number of nitrogens with one attached hydrogen (secondary N) is 1. The number of aryl methyl sites for hydroxylation is 1. The lowest BCUT2D eigenvalue weighted by molar-refractivity contribution is 0.0954. The van der Waals surface area contributed by atoms with Crippen LogP contribution < -0.4 is 5.32 Å². The zero-order valence-corrected chi connectivity index (χ0v) is 11.3. The monoisotopic (exact) mass is 279 g/mol. The van der Waals surface area contributed by atoms with Crippen LogP contribution in [0, 0.1) is 5.82 Å². The molecule has 6 heteroatoms. The highest BCUT2D eigenvalue weighted by Crippen LogP contribution is 2.12. The van der Waals surface area contributed by atoms with Gasteiger partial charge >= 0.3 is 0 Å². The molecule has 0 fully saturated rings. The molecule has 0 saturated carbocycles. The van der Waals surface area contributed by atoms with Crippen LogP contribution in [0.1, 0.15) is 34.3 Å². The van der Waals surface area contributed by atoms with Crippen LogP contribution >= 0.6 is 11.5 Å². The Balaban J connectivity index is 1.97. The summed E-state index contributed by atoms with van der Waals surface area (Å²) in [7, 11) is 0. The van der Waals surface area contributed by atoms with Gasteiger partial charge in [-0.25, -0.2) is 4.39 Å². The molecule has 100 valence electrons. The molecule has 1 aromatic heterocycles. The van der Waals surface area contributed by atoms with Crippen LogP contribution in [0.25, 0.3) is 0 Å². The van der Waals surface area contributed by atoms with Crippen LogP contribution in [0.5, 0.6) is 0 Å². The zero-order valence-electron chi connectivity index (χ0n) is 10.5. The number of halogens is 1. The summed E-state index contributed by atoms with van der Waals surface area (Å²) in [5.41, 5.74) is 1.59. The van der Waals surface area contributed by atoms with Crippen LogP contribution in [0.3, 0.4) is 0 Å². The SMILES string of the molecule is CCCc1nnsc1C(=O)NCc1ccc(F)cc1. The normalized spacial score (nSPS) is 10.4.